The van der Waals surface area contributed by atoms with Gasteiger partial charge in [-0.25, -0.2) is 4.79 Å². The van der Waals surface area contributed by atoms with Gasteiger partial charge in [0.05, 0.1) is 18.2 Å². The number of esters is 1. The van der Waals surface area contributed by atoms with Crippen LogP contribution in [0, 0.1) is 18.3 Å². The smallest absolute Gasteiger partial charge is 0.377 e. The molecule has 1 aromatic carbocycles. The standard InChI is InChI=1S/C15H13N3O4/c1-10-8-13(22-18-10)15(20)21-9-14(19)17-12-4-2-11(3-5-12)6-7-16/h2-5,8H,6,9H2,1H3,(H,17,19). The number of ether oxygens (including phenoxy) is 1. The SMILES string of the molecule is Cc1cc(C(=O)OCC(=O)Nc2ccc(CC#N)cc2)on1. The summed E-state index contributed by atoms with van der Waals surface area (Å²) in [6.45, 7) is 1.24. The summed E-state index contributed by atoms with van der Waals surface area (Å²) in [5.74, 6) is -1.27. The summed E-state index contributed by atoms with van der Waals surface area (Å²) in [6.07, 6.45) is 0.308. The minimum absolute atomic E-state index is 0.0499. The molecule has 1 N–H and O–H groups in total. The van der Waals surface area contributed by atoms with Crippen molar-refractivity contribution in [1.82, 2.24) is 5.16 Å². The summed E-state index contributed by atoms with van der Waals surface area (Å²) < 4.78 is 9.54. The molecule has 0 spiro atoms. The topological polar surface area (TPSA) is 105 Å². The highest BCUT2D eigenvalue weighted by Gasteiger charge is 2.15. The first-order chi connectivity index (χ1) is 10.6. The van der Waals surface area contributed by atoms with E-state index in [1.165, 1.54) is 6.07 Å². The van der Waals surface area contributed by atoms with Crippen molar-refractivity contribution in [2.45, 2.75) is 13.3 Å². The van der Waals surface area contributed by atoms with Gasteiger partial charge in [-0.1, -0.05) is 17.3 Å². The number of nitrogens with zero attached hydrogens (tertiary/aromatic N) is 2. The highest BCUT2D eigenvalue weighted by molar-refractivity contribution is 5.94. The van der Waals surface area contributed by atoms with E-state index in [2.05, 4.69) is 10.5 Å². The quantitative estimate of drug-likeness (QED) is 0.844. The van der Waals surface area contributed by atoms with Crippen LogP contribution in [0.5, 0.6) is 0 Å². The van der Waals surface area contributed by atoms with E-state index in [0.717, 1.165) is 5.56 Å². The Labute approximate surface area is 126 Å². The van der Waals surface area contributed by atoms with E-state index >= 15 is 0 Å². The van der Waals surface area contributed by atoms with Crippen molar-refractivity contribution in [3.05, 3.63) is 47.3 Å². The van der Waals surface area contributed by atoms with E-state index in [-0.39, 0.29) is 5.76 Å². The van der Waals surface area contributed by atoms with Gasteiger partial charge in [-0.05, 0) is 24.6 Å². The van der Waals surface area contributed by atoms with Crippen molar-refractivity contribution >= 4 is 17.6 Å². The maximum Gasteiger partial charge on any atom is 0.377 e. The number of hydrogen-bond donors (Lipinski definition) is 1. The monoisotopic (exact) mass is 299 g/mol. The molecule has 0 unspecified atom stereocenters. The van der Waals surface area contributed by atoms with Crippen LogP contribution in [0.15, 0.2) is 34.9 Å². The Kier molecular flexibility index (Phi) is 4.88. The van der Waals surface area contributed by atoms with Gasteiger partial charge in [0.15, 0.2) is 6.61 Å². The number of hydrogen-bond acceptors (Lipinski definition) is 6. The molecule has 1 heterocycles. The van der Waals surface area contributed by atoms with Gasteiger partial charge in [0.25, 0.3) is 5.91 Å². The Balaban J connectivity index is 1.82. The molecule has 0 bridgehead atoms. The van der Waals surface area contributed by atoms with Gasteiger partial charge in [-0.2, -0.15) is 5.26 Å². The second-order valence-electron chi connectivity index (χ2n) is 4.49. The van der Waals surface area contributed by atoms with Crippen molar-refractivity contribution in [2.75, 3.05) is 11.9 Å². The summed E-state index contributed by atoms with van der Waals surface area (Å²) in [4.78, 5) is 23.2. The molecule has 2 aromatic rings. The molecule has 0 aliphatic carbocycles. The normalized spacial score (nSPS) is 9.82. The predicted molar refractivity (Wildman–Crippen MR) is 75.9 cm³/mol. The molecule has 7 nitrogen and oxygen atoms in total. The van der Waals surface area contributed by atoms with Gasteiger partial charge in [-0.15, -0.1) is 0 Å². The number of aryl methyl sites for hydroxylation is 1. The molecule has 0 saturated heterocycles. The van der Waals surface area contributed by atoms with Crippen LogP contribution in [0.2, 0.25) is 0 Å². The van der Waals surface area contributed by atoms with Crippen LogP contribution in [0.4, 0.5) is 5.69 Å². The van der Waals surface area contributed by atoms with Crippen molar-refractivity contribution < 1.29 is 18.8 Å². The predicted octanol–water partition coefficient (Wildman–Crippen LogP) is 1.84. The zero-order valence-electron chi connectivity index (χ0n) is 11.8. The van der Waals surface area contributed by atoms with E-state index in [4.69, 9.17) is 14.5 Å². The molecular formula is C15H13N3O4. The zero-order chi connectivity index (χ0) is 15.9. The van der Waals surface area contributed by atoms with Crippen LogP contribution in [-0.4, -0.2) is 23.6 Å². The fourth-order valence-corrected chi connectivity index (χ4v) is 1.66. The third kappa shape index (κ3) is 4.18. The van der Waals surface area contributed by atoms with Crippen LogP contribution in [0.1, 0.15) is 21.8 Å². The maximum atomic E-state index is 11.7. The van der Waals surface area contributed by atoms with Crippen LogP contribution < -0.4 is 5.32 Å². The number of rotatable bonds is 5. The summed E-state index contributed by atoms with van der Waals surface area (Å²) in [5.41, 5.74) is 1.96. The molecule has 0 aliphatic heterocycles. The minimum Gasteiger partial charge on any atom is -0.450 e. The van der Waals surface area contributed by atoms with Gasteiger partial charge < -0.3 is 14.6 Å². The number of carbonyl (C=O) groups excluding carboxylic acids is 2. The largest absolute Gasteiger partial charge is 0.450 e. The number of carbonyl (C=O) groups is 2. The Morgan fingerprint density at radius 3 is 2.68 bits per heavy atom. The first-order valence-corrected chi connectivity index (χ1v) is 6.44. The van der Waals surface area contributed by atoms with Crippen molar-refractivity contribution in [1.29, 1.82) is 5.26 Å². The molecule has 1 amide bonds. The number of amides is 1. The summed E-state index contributed by atoms with van der Waals surface area (Å²) in [5, 5.41) is 14.7. The van der Waals surface area contributed by atoms with E-state index in [1.54, 1.807) is 31.2 Å². The van der Waals surface area contributed by atoms with E-state index in [0.29, 0.717) is 17.8 Å². The molecule has 0 aliphatic rings. The lowest BCUT2D eigenvalue weighted by Crippen LogP contribution is -2.20. The summed E-state index contributed by atoms with van der Waals surface area (Å²) in [6, 6.07) is 10.3. The van der Waals surface area contributed by atoms with Gasteiger partial charge in [0.1, 0.15) is 0 Å². The lowest BCUT2D eigenvalue weighted by molar-refractivity contribution is -0.119. The fraction of sp³-hybridized carbons (Fsp3) is 0.200. The van der Waals surface area contributed by atoms with Crippen LogP contribution >= 0.6 is 0 Å². The van der Waals surface area contributed by atoms with E-state index in [9.17, 15) is 9.59 Å². The Hall–Kier alpha value is -3.14. The molecule has 7 heteroatoms. The Morgan fingerprint density at radius 1 is 1.36 bits per heavy atom. The van der Waals surface area contributed by atoms with Gasteiger partial charge in [-0.3, -0.25) is 4.79 Å². The lowest BCUT2D eigenvalue weighted by atomic mass is 10.1. The maximum absolute atomic E-state index is 11.7. The molecule has 2 rings (SSSR count). The third-order valence-corrected chi connectivity index (χ3v) is 2.68. The van der Waals surface area contributed by atoms with Crippen LogP contribution in [-0.2, 0) is 16.0 Å². The summed E-state index contributed by atoms with van der Waals surface area (Å²) in [7, 11) is 0. The minimum atomic E-state index is -0.750. The molecule has 112 valence electrons. The molecule has 0 atom stereocenters. The summed E-state index contributed by atoms with van der Waals surface area (Å²) >= 11 is 0. The highest BCUT2D eigenvalue weighted by Crippen LogP contribution is 2.10. The lowest BCUT2D eigenvalue weighted by Gasteiger charge is -2.06. The van der Waals surface area contributed by atoms with Crippen LogP contribution in [0.3, 0.4) is 0 Å². The average Bonchev–Trinajstić information content (AvgIpc) is 2.94. The highest BCUT2D eigenvalue weighted by atomic mass is 16.6. The molecular weight excluding hydrogens is 286 g/mol. The van der Waals surface area contributed by atoms with Crippen molar-refractivity contribution in [3.63, 3.8) is 0 Å². The number of benzene rings is 1. The fourth-order valence-electron chi connectivity index (χ4n) is 1.66. The van der Waals surface area contributed by atoms with Crippen molar-refractivity contribution in [2.24, 2.45) is 0 Å². The Morgan fingerprint density at radius 2 is 2.09 bits per heavy atom. The number of anilines is 1. The molecule has 0 radical (unpaired) electrons. The van der Waals surface area contributed by atoms with Crippen LogP contribution in [0.25, 0.3) is 0 Å². The first-order valence-electron chi connectivity index (χ1n) is 6.44. The number of aromatic nitrogens is 1. The first kappa shape index (κ1) is 15.3. The number of nitrogens with one attached hydrogen (secondary N) is 1. The third-order valence-electron chi connectivity index (χ3n) is 2.68. The van der Waals surface area contributed by atoms with E-state index in [1.807, 2.05) is 6.07 Å². The average molecular weight is 299 g/mol. The molecule has 0 saturated carbocycles. The zero-order valence-corrected chi connectivity index (χ0v) is 11.8. The molecule has 1 aromatic heterocycles. The molecule has 0 fully saturated rings. The van der Waals surface area contributed by atoms with Gasteiger partial charge in [0.2, 0.25) is 5.76 Å². The Bertz CT molecular complexity index is 713. The number of nitriles is 1. The van der Waals surface area contributed by atoms with Crippen molar-refractivity contribution in [3.8, 4) is 6.07 Å². The second-order valence-corrected chi connectivity index (χ2v) is 4.49. The second kappa shape index (κ2) is 7.04. The molecule has 22 heavy (non-hydrogen) atoms. The van der Waals surface area contributed by atoms with Gasteiger partial charge >= 0.3 is 5.97 Å². The van der Waals surface area contributed by atoms with E-state index < -0.39 is 18.5 Å². The van der Waals surface area contributed by atoms with Gasteiger partial charge in [0, 0.05) is 11.8 Å².